The average molecular weight is 284 g/mol. The molecule has 0 bridgehead atoms. The number of benzene rings is 2. The van der Waals surface area contributed by atoms with Gasteiger partial charge < -0.3 is 4.74 Å². The highest BCUT2D eigenvalue weighted by atomic mass is 16.5. The van der Waals surface area contributed by atoms with Crippen LogP contribution in [0.5, 0.6) is 5.75 Å². The largest absolute Gasteiger partial charge is 0.496 e. The summed E-state index contributed by atoms with van der Waals surface area (Å²) < 4.78 is 5.48. The Morgan fingerprint density at radius 3 is 2.38 bits per heavy atom. The van der Waals surface area contributed by atoms with Gasteiger partial charge in [-0.1, -0.05) is 41.5 Å². The predicted molar refractivity (Wildman–Crippen MR) is 87.4 cm³/mol. The third-order valence-electron chi connectivity index (χ3n) is 3.89. The van der Waals surface area contributed by atoms with Crippen LogP contribution in [0.3, 0.4) is 0 Å². The number of nitrogens with two attached hydrogens (primary N) is 1. The Morgan fingerprint density at radius 2 is 1.71 bits per heavy atom. The molecule has 0 spiro atoms. The second kappa shape index (κ2) is 6.74. The van der Waals surface area contributed by atoms with E-state index < -0.39 is 0 Å². The molecule has 3 nitrogen and oxygen atoms in total. The Kier molecular flexibility index (Phi) is 4.99. The highest BCUT2D eigenvalue weighted by Crippen LogP contribution is 2.29. The first-order valence-corrected chi connectivity index (χ1v) is 7.22. The van der Waals surface area contributed by atoms with E-state index in [0.717, 1.165) is 17.7 Å². The van der Waals surface area contributed by atoms with Gasteiger partial charge in [0.2, 0.25) is 0 Å². The van der Waals surface area contributed by atoms with Gasteiger partial charge in [-0.15, -0.1) is 0 Å². The molecular formula is C18H24N2O. The fourth-order valence-corrected chi connectivity index (χ4v) is 2.62. The van der Waals surface area contributed by atoms with Crippen molar-refractivity contribution in [2.75, 3.05) is 7.11 Å². The van der Waals surface area contributed by atoms with E-state index >= 15 is 0 Å². The number of hydrogen-bond acceptors (Lipinski definition) is 3. The lowest BCUT2D eigenvalue weighted by Crippen LogP contribution is -2.30. The number of ether oxygens (including phenoxy) is 1. The first-order chi connectivity index (χ1) is 10.0. The highest BCUT2D eigenvalue weighted by Gasteiger charge is 2.16. The number of hydrogen-bond donors (Lipinski definition) is 2. The van der Waals surface area contributed by atoms with Crippen LogP contribution in [0.15, 0.2) is 36.4 Å². The fourth-order valence-electron chi connectivity index (χ4n) is 2.62. The first kappa shape index (κ1) is 15.5. The van der Waals surface area contributed by atoms with E-state index in [4.69, 9.17) is 10.6 Å². The summed E-state index contributed by atoms with van der Waals surface area (Å²) in [6, 6.07) is 12.7. The summed E-state index contributed by atoms with van der Waals surface area (Å²) in [7, 11) is 1.69. The molecule has 1 unspecified atom stereocenters. The second-order valence-electron chi connectivity index (χ2n) is 5.60. The van der Waals surface area contributed by atoms with Crippen LogP contribution in [-0.2, 0) is 6.42 Å². The van der Waals surface area contributed by atoms with Crippen LogP contribution < -0.4 is 16.0 Å². The minimum Gasteiger partial charge on any atom is -0.496 e. The zero-order chi connectivity index (χ0) is 15.4. The van der Waals surface area contributed by atoms with Gasteiger partial charge in [0, 0.05) is 5.56 Å². The lowest BCUT2D eigenvalue weighted by molar-refractivity contribution is 0.399. The molecule has 0 aliphatic rings. The number of aryl methyl sites for hydroxylation is 3. The van der Waals surface area contributed by atoms with Crippen molar-refractivity contribution in [3.63, 3.8) is 0 Å². The molecule has 2 rings (SSSR count). The SMILES string of the molecule is COc1ccc(C)cc1C(Cc1cc(C)ccc1C)NN. The zero-order valence-corrected chi connectivity index (χ0v) is 13.2. The van der Waals surface area contributed by atoms with Crippen molar-refractivity contribution in [3.05, 3.63) is 64.2 Å². The van der Waals surface area contributed by atoms with Crippen LogP contribution in [-0.4, -0.2) is 7.11 Å². The Balaban J connectivity index is 2.36. The van der Waals surface area contributed by atoms with Gasteiger partial charge in [-0.25, -0.2) is 0 Å². The molecule has 3 heteroatoms. The molecule has 0 saturated heterocycles. The van der Waals surface area contributed by atoms with Crippen molar-refractivity contribution in [2.45, 2.75) is 33.2 Å². The van der Waals surface area contributed by atoms with E-state index in [-0.39, 0.29) is 6.04 Å². The van der Waals surface area contributed by atoms with E-state index in [2.05, 4.69) is 50.5 Å². The summed E-state index contributed by atoms with van der Waals surface area (Å²) in [6.45, 7) is 6.32. The lowest BCUT2D eigenvalue weighted by atomic mass is 9.94. The van der Waals surface area contributed by atoms with Gasteiger partial charge in [-0.2, -0.15) is 0 Å². The van der Waals surface area contributed by atoms with Gasteiger partial charge in [-0.05, 0) is 44.4 Å². The van der Waals surface area contributed by atoms with E-state index in [1.165, 1.54) is 22.3 Å². The average Bonchev–Trinajstić information content (AvgIpc) is 2.48. The monoisotopic (exact) mass is 284 g/mol. The summed E-state index contributed by atoms with van der Waals surface area (Å²) in [5.74, 6) is 6.68. The summed E-state index contributed by atoms with van der Waals surface area (Å²) in [6.07, 6.45) is 0.837. The summed E-state index contributed by atoms with van der Waals surface area (Å²) >= 11 is 0. The van der Waals surface area contributed by atoms with Crippen molar-refractivity contribution in [2.24, 2.45) is 5.84 Å². The Hall–Kier alpha value is -1.84. The van der Waals surface area contributed by atoms with Gasteiger partial charge in [0.15, 0.2) is 0 Å². The number of rotatable bonds is 5. The molecule has 1 atom stereocenters. The smallest absolute Gasteiger partial charge is 0.123 e. The van der Waals surface area contributed by atoms with Crippen molar-refractivity contribution in [3.8, 4) is 5.75 Å². The van der Waals surface area contributed by atoms with Gasteiger partial charge >= 0.3 is 0 Å². The molecule has 0 fully saturated rings. The van der Waals surface area contributed by atoms with Crippen molar-refractivity contribution in [1.29, 1.82) is 0 Å². The molecule has 0 aromatic heterocycles. The molecule has 0 saturated carbocycles. The quantitative estimate of drug-likeness (QED) is 0.653. The molecule has 112 valence electrons. The molecule has 21 heavy (non-hydrogen) atoms. The third-order valence-corrected chi connectivity index (χ3v) is 3.89. The minimum atomic E-state index is 0.0281. The molecule has 2 aromatic carbocycles. The first-order valence-electron chi connectivity index (χ1n) is 7.22. The maximum atomic E-state index is 5.81. The molecule has 2 aromatic rings. The molecular weight excluding hydrogens is 260 g/mol. The summed E-state index contributed by atoms with van der Waals surface area (Å²) in [5.41, 5.74) is 9.09. The van der Waals surface area contributed by atoms with Crippen molar-refractivity contribution >= 4 is 0 Å². The van der Waals surface area contributed by atoms with Gasteiger partial charge in [0.05, 0.1) is 13.2 Å². The molecule has 0 heterocycles. The van der Waals surface area contributed by atoms with Gasteiger partial charge in [0.25, 0.3) is 0 Å². The van der Waals surface area contributed by atoms with E-state index in [0.29, 0.717) is 0 Å². The molecule has 0 aliphatic heterocycles. The number of nitrogens with one attached hydrogen (secondary N) is 1. The third kappa shape index (κ3) is 3.63. The van der Waals surface area contributed by atoms with Crippen LogP contribution in [0, 0.1) is 20.8 Å². The van der Waals surface area contributed by atoms with Gasteiger partial charge in [-0.3, -0.25) is 11.3 Å². The van der Waals surface area contributed by atoms with Crippen LogP contribution in [0.4, 0.5) is 0 Å². The van der Waals surface area contributed by atoms with Crippen LogP contribution in [0.2, 0.25) is 0 Å². The summed E-state index contributed by atoms with van der Waals surface area (Å²) in [4.78, 5) is 0. The van der Waals surface area contributed by atoms with Crippen LogP contribution in [0.25, 0.3) is 0 Å². The molecule has 0 amide bonds. The lowest BCUT2D eigenvalue weighted by Gasteiger charge is -2.21. The molecule has 0 radical (unpaired) electrons. The molecule has 0 aliphatic carbocycles. The Labute approximate surface area is 127 Å². The number of hydrazine groups is 1. The van der Waals surface area contributed by atoms with E-state index in [9.17, 15) is 0 Å². The Bertz CT molecular complexity index is 623. The zero-order valence-electron chi connectivity index (χ0n) is 13.2. The van der Waals surface area contributed by atoms with E-state index in [1.54, 1.807) is 7.11 Å². The van der Waals surface area contributed by atoms with Crippen molar-refractivity contribution in [1.82, 2.24) is 5.43 Å². The van der Waals surface area contributed by atoms with Crippen molar-refractivity contribution < 1.29 is 4.74 Å². The topological polar surface area (TPSA) is 47.3 Å². The molecule has 3 N–H and O–H groups in total. The number of methoxy groups -OCH3 is 1. The van der Waals surface area contributed by atoms with Gasteiger partial charge in [0.1, 0.15) is 5.75 Å². The second-order valence-corrected chi connectivity index (χ2v) is 5.60. The summed E-state index contributed by atoms with van der Waals surface area (Å²) in [5, 5.41) is 0. The van der Waals surface area contributed by atoms with Crippen LogP contribution in [0.1, 0.15) is 33.9 Å². The minimum absolute atomic E-state index is 0.0281. The maximum Gasteiger partial charge on any atom is 0.123 e. The normalized spacial score (nSPS) is 12.2. The van der Waals surface area contributed by atoms with E-state index in [1.807, 2.05) is 12.1 Å². The highest BCUT2D eigenvalue weighted by molar-refractivity contribution is 5.41. The fraction of sp³-hybridized carbons (Fsp3) is 0.333. The standard InChI is InChI=1S/C18H24N2O/c1-12-5-7-14(3)15(9-12)11-17(20-19)16-10-13(2)6-8-18(16)21-4/h5-10,17,20H,11,19H2,1-4H3. The maximum absolute atomic E-state index is 5.81. The predicted octanol–water partition coefficient (Wildman–Crippen LogP) is 3.37. The van der Waals surface area contributed by atoms with Crippen LogP contribution >= 0.6 is 0 Å². The Morgan fingerprint density at radius 1 is 1.05 bits per heavy atom.